The van der Waals surface area contributed by atoms with E-state index in [0.29, 0.717) is 30.2 Å². The van der Waals surface area contributed by atoms with Gasteiger partial charge in [-0.25, -0.2) is 18.4 Å². The number of amides is 1. The Hall–Kier alpha value is -3.50. The number of furan rings is 1. The number of carbonyl (C=O) groups excluding carboxylic acids is 1. The molecule has 0 fully saturated rings. The molecule has 4 aromatic rings. The minimum absolute atomic E-state index is 0.0160. The molecule has 1 amide bonds. The largest absolute Gasteiger partial charge is 0.467 e. The summed E-state index contributed by atoms with van der Waals surface area (Å²) in [5.41, 5.74) is 4.11. The summed E-state index contributed by atoms with van der Waals surface area (Å²) < 4.78 is 30.7. The Balaban J connectivity index is 1.81. The molecule has 3 heterocycles. The lowest BCUT2D eigenvalue weighted by atomic mass is 10.1. The van der Waals surface area contributed by atoms with E-state index in [-0.39, 0.29) is 16.6 Å². The van der Waals surface area contributed by atoms with Gasteiger partial charge in [0, 0.05) is 10.6 Å². The first-order valence-electron chi connectivity index (χ1n) is 11.5. The molecule has 188 valence electrons. The molecule has 3 aromatic heterocycles. The summed E-state index contributed by atoms with van der Waals surface area (Å²) in [6.07, 6.45) is 3.00. The summed E-state index contributed by atoms with van der Waals surface area (Å²) >= 11 is 1.61. The molecule has 8 nitrogen and oxygen atoms in total. The Bertz CT molecular complexity index is 1480. The van der Waals surface area contributed by atoms with Crippen LogP contribution in [0.2, 0.25) is 0 Å². The van der Waals surface area contributed by atoms with Gasteiger partial charge in [0.2, 0.25) is 15.0 Å². The monoisotopic (exact) mass is 524 g/mol. The number of hydrogen-bond acceptors (Lipinski definition) is 8. The fourth-order valence-electron chi connectivity index (χ4n) is 3.73. The zero-order valence-corrected chi connectivity index (χ0v) is 22.2. The van der Waals surface area contributed by atoms with Gasteiger partial charge in [-0.3, -0.25) is 4.79 Å². The second-order valence-corrected chi connectivity index (χ2v) is 11.7. The van der Waals surface area contributed by atoms with Crippen LogP contribution in [0.15, 0.2) is 63.8 Å². The number of aryl methyl sites for hydroxylation is 3. The van der Waals surface area contributed by atoms with E-state index in [9.17, 15) is 13.2 Å². The van der Waals surface area contributed by atoms with Crippen LogP contribution in [-0.2, 0) is 22.9 Å². The molecule has 1 aromatic carbocycles. The molecule has 0 spiro atoms. The molecule has 36 heavy (non-hydrogen) atoms. The maximum atomic E-state index is 13.6. The van der Waals surface area contributed by atoms with Crippen LogP contribution in [0.4, 0.5) is 11.4 Å². The number of nitrogens with one attached hydrogen (secondary N) is 1. The summed E-state index contributed by atoms with van der Waals surface area (Å²) in [5.74, 6) is 0.00377. The van der Waals surface area contributed by atoms with E-state index in [2.05, 4.69) is 15.3 Å². The van der Waals surface area contributed by atoms with Crippen LogP contribution in [0, 0.1) is 20.8 Å². The van der Waals surface area contributed by atoms with E-state index in [4.69, 9.17) is 4.42 Å². The van der Waals surface area contributed by atoms with Gasteiger partial charge >= 0.3 is 0 Å². The van der Waals surface area contributed by atoms with E-state index in [1.54, 1.807) is 23.7 Å². The molecule has 1 N–H and O–H groups in total. The van der Waals surface area contributed by atoms with Crippen LogP contribution in [0.5, 0.6) is 0 Å². The van der Waals surface area contributed by atoms with Crippen molar-refractivity contribution in [2.45, 2.75) is 45.9 Å². The van der Waals surface area contributed by atoms with E-state index < -0.39 is 15.7 Å². The van der Waals surface area contributed by atoms with Gasteiger partial charge in [-0.05, 0) is 61.5 Å². The Morgan fingerprint density at radius 2 is 1.92 bits per heavy atom. The van der Waals surface area contributed by atoms with E-state index in [1.165, 1.54) is 13.1 Å². The van der Waals surface area contributed by atoms with Crippen molar-refractivity contribution in [1.82, 2.24) is 9.97 Å². The van der Waals surface area contributed by atoms with E-state index in [0.717, 1.165) is 21.6 Å². The average molecular weight is 525 g/mol. The Labute approximate surface area is 214 Å². The lowest BCUT2D eigenvalue weighted by Crippen LogP contribution is -2.27. The van der Waals surface area contributed by atoms with Crippen molar-refractivity contribution < 1.29 is 17.6 Å². The Morgan fingerprint density at radius 3 is 2.56 bits per heavy atom. The Morgan fingerprint density at radius 1 is 1.11 bits per heavy atom. The van der Waals surface area contributed by atoms with Gasteiger partial charge in [-0.2, -0.15) is 0 Å². The normalized spacial score (nSPS) is 11.4. The lowest BCUT2D eigenvalue weighted by Gasteiger charge is -2.25. The quantitative estimate of drug-likeness (QED) is 0.296. The fourth-order valence-corrected chi connectivity index (χ4v) is 5.35. The van der Waals surface area contributed by atoms with Gasteiger partial charge in [0.05, 0.1) is 37.0 Å². The van der Waals surface area contributed by atoms with Crippen molar-refractivity contribution in [3.63, 3.8) is 0 Å². The van der Waals surface area contributed by atoms with Crippen LogP contribution in [0.3, 0.4) is 0 Å². The molecular weight excluding hydrogens is 496 g/mol. The van der Waals surface area contributed by atoms with Gasteiger partial charge in [0.1, 0.15) is 5.76 Å². The second kappa shape index (κ2) is 10.6. The van der Waals surface area contributed by atoms with Gasteiger partial charge in [0.15, 0.2) is 5.69 Å². The van der Waals surface area contributed by atoms with Crippen molar-refractivity contribution in [3.8, 4) is 0 Å². The summed E-state index contributed by atoms with van der Waals surface area (Å²) in [4.78, 5) is 25.0. The Kier molecular flexibility index (Phi) is 7.56. The molecule has 10 heteroatoms. The van der Waals surface area contributed by atoms with E-state index in [1.807, 2.05) is 61.4 Å². The molecule has 0 atom stereocenters. The summed E-state index contributed by atoms with van der Waals surface area (Å²) in [5, 5.41) is 4.54. The average Bonchev–Trinajstić information content (AvgIpc) is 3.51. The third-order valence-electron chi connectivity index (χ3n) is 5.82. The number of sulfone groups is 1. The highest BCUT2D eigenvalue weighted by molar-refractivity contribution is 7.91. The topological polar surface area (TPSA) is 105 Å². The van der Waals surface area contributed by atoms with E-state index >= 15 is 0 Å². The molecule has 0 aliphatic heterocycles. The van der Waals surface area contributed by atoms with Crippen LogP contribution >= 0.6 is 11.3 Å². The SMILES string of the molecule is CCS(=O)(=O)c1ncc(N(Cc2ccco2)Cc2sccc2C)c(C(=O)Nc2ccc(C)cc2C)n1. The fraction of sp³-hybridized carbons (Fsp3) is 0.269. The third kappa shape index (κ3) is 5.66. The van der Waals surface area contributed by atoms with Gasteiger partial charge in [-0.1, -0.05) is 24.6 Å². The number of aromatic nitrogens is 2. The molecule has 0 radical (unpaired) electrons. The van der Waals surface area contributed by atoms with Crippen molar-refractivity contribution in [3.05, 3.63) is 87.3 Å². The zero-order valence-electron chi connectivity index (χ0n) is 20.6. The molecule has 0 saturated heterocycles. The summed E-state index contributed by atoms with van der Waals surface area (Å²) in [6.45, 7) is 8.24. The lowest BCUT2D eigenvalue weighted by molar-refractivity contribution is 0.102. The minimum Gasteiger partial charge on any atom is -0.467 e. The number of hydrogen-bond donors (Lipinski definition) is 1. The van der Waals surface area contributed by atoms with Crippen LogP contribution < -0.4 is 10.2 Å². The number of benzene rings is 1. The molecule has 0 bridgehead atoms. The highest BCUT2D eigenvalue weighted by Gasteiger charge is 2.26. The first-order valence-corrected chi connectivity index (χ1v) is 14.0. The van der Waals surface area contributed by atoms with Gasteiger partial charge in [0.25, 0.3) is 5.91 Å². The highest BCUT2D eigenvalue weighted by atomic mass is 32.2. The first-order chi connectivity index (χ1) is 17.2. The predicted octanol–water partition coefficient (Wildman–Crippen LogP) is 5.31. The number of thiophene rings is 1. The standard InChI is InChI=1S/C26H28N4O4S2/c1-5-36(32,33)26-27-14-22(24(29-26)25(31)28-21-9-8-17(2)13-19(21)4)30(15-20-7-6-11-34-20)16-23-18(3)10-12-35-23/h6-14H,5,15-16H2,1-4H3,(H,28,31). The third-order valence-corrected chi connectivity index (χ3v) is 8.34. The molecular formula is C26H28N4O4S2. The second-order valence-electron chi connectivity index (χ2n) is 8.52. The van der Waals surface area contributed by atoms with Crippen molar-refractivity contribution in [1.29, 1.82) is 0 Å². The van der Waals surface area contributed by atoms with Crippen LogP contribution in [-0.4, -0.2) is 30.0 Å². The first kappa shape index (κ1) is 25.6. The molecule has 4 rings (SSSR count). The number of carbonyl (C=O) groups is 1. The molecule has 0 aliphatic rings. The smallest absolute Gasteiger partial charge is 0.276 e. The maximum Gasteiger partial charge on any atom is 0.276 e. The zero-order chi connectivity index (χ0) is 25.9. The van der Waals surface area contributed by atoms with Crippen molar-refractivity contribution in [2.24, 2.45) is 0 Å². The van der Waals surface area contributed by atoms with Gasteiger partial charge < -0.3 is 14.6 Å². The number of rotatable bonds is 9. The predicted molar refractivity (Wildman–Crippen MR) is 141 cm³/mol. The van der Waals surface area contributed by atoms with Crippen molar-refractivity contribution in [2.75, 3.05) is 16.0 Å². The van der Waals surface area contributed by atoms with Gasteiger partial charge in [-0.15, -0.1) is 11.3 Å². The number of nitrogens with zero attached hydrogens (tertiary/aromatic N) is 3. The summed E-state index contributed by atoms with van der Waals surface area (Å²) in [6, 6.07) is 11.4. The highest BCUT2D eigenvalue weighted by Crippen LogP contribution is 2.28. The molecule has 0 saturated carbocycles. The minimum atomic E-state index is -3.73. The maximum absolute atomic E-state index is 13.6. The molecule has 0 unspecified atom stereocenters. The van der Waals surface area contributed by atoms with Crippen LogP contribution in [0.25, 0.3) is 0 Å². The molecule has 0 aliphatic carbocycles. The van der Waals surface area contributed by atoms with Crippen LogP contribution in [0.1, 0.15) is 44.7 Å². The van der Waals surface area contributed by atoms with Crippen molar-refractivity contribution >= 4 is 38.5 Å². The summed E-state index contributed by atoms with van der Waals surface area (Å²) in [7, 11) is -3.73. The number of anilines is 2.